The molecule has 0 aliphatic carbocycles. The summed E-state index contributed by atoms with van der Waals surface area (Å²) < 4.78 is 0. The smallest absolute Gasteiger partial charge is 0.217 e. The number of amides is 1. The Morgan fingerprint density at radius 3 is 3.12 bits per heavy atom. The topological polar surface area (TPSA) is 59.2 Å². The van der Waals surface area contributed by atoms with Crippen molar-refractivity contribution in [3.8, 4) is 0 Å². The van der Waals surface area contributed by atoms with Crippen LogP contribution in [0.25, 0.3) is 0 Å². The molecule has 0 saturated carbocycles. The number of nitrogens with two attached hydrogens (primary N) is 1. The first-order chi connectivity index (χ1) is 8.15. The van der Waals surface area contributed by atoms with Crippen LogP contribution >= 0.6 is 0 Å². The third kappa shape index (κ3) is 3.19. The lowest BCUT2D eigenvalue weighted by molar-refractivity contribution is -0.118. The molecule has 0 spiro atoms. The van der Waals surface area contributed by atoms with E-state index in [1.807, 2.05) is 25.1 Å². The van der Waals surface area contributed by atoms with E-state index < -0.39 is 0 Å². The molecule has 17 heavy (non-hydrogen) atoms. The summed E-state index contributed by atoms with van der Waals surface area (Å²) in [5, 5.41) is 0. The number of hydrogen-bond acceptors (Lipinski definition) is 3. The van der Waals surface area contributed by atoms with E-state index in [0.29, 0.717) is 12.3 Å². The number of aryl methyl sites for hydroxylation is 1. The van der Waals surface area contributed by atoms with Crippen molar-refractivity contribution in [2.75, 3.05) is 18.0 Å². The summed E-state index contributed by atoms with van der Waals surface area (Å²) in [6.07, 6.45) is 2.68. The van der Waals surface area contributed by atoms with E-state index in [9.17, 15) is 4.79 Å². The predicted molar refractivity (Wildman–Crippen MR) is 67.7 cm³/mol. The van der Waals surface area contributed by atoms with Crippen molar-refractivity contribution < 1.29 is 4.79 Å². The van der Waals surface area contributed by atoms with Crippen LogP contribution in [-0.4, -0.2) is 24.0 Å². The fourth-order valence-electron chi connectivity index (χ4n) is 2.43. The monoisotopic (exact) mass is 233 g/mol. The zero-order chi connectivity index (χ0) is 12.3. The lowest BCUT2D eigenvalue weighted by Gasteiger charge is -2.33. The standard InChI is InChI=1S/C13H19N3O/c1-10-4-2-6-13(15-10)16-7-3-5-11(9-16)8-12(14)17/h2,4,6,11H,3,5,7-9H2,1H3,(H2,14,17). The number of pyridine rings is 1. The molecule has 1 fully saturated rings. The maximum atomic E-state index is 11.0. The summed E-state index contributed by atoms with van der Waals surface area (Å²) in [4.78, 5) is 17.7. The Labute approximate surface area is 102 Å². The van der Waals surface area contributed by atoms with Gasteiger partial charge in [-0.05, 0) is 37.8 Å². The number of aromatic nitrogens is 1. The van der Waals surface area contributed by atoms with E-state index >= 15 is 0 Å². The van der Waals surface area contributed by atoms with Crippen LogP contribution in [-0.2, 0) is 4.79 Å². The number of carbonyl (C=O) groups excluding carboxylic acids is 1. The number of hydrogen-bond donors (Lipinski definition) is 1. The molecule has 1 amide bonds. The average Bonchev–Trinajstić information content (AvgIpc) is 2.28. The highest BCUT2D eigenvalue weighted by atomic mass is 16.1. The van der Waals surface area contributed by atoms with Gasteiger partial charge < -0.3 is 10.6 Å². The molecule has 2 heterocycles. The van der Waals surface area contributed by atoms with Crippen LogP contribution in [0.5, 0.6) is 0 Å². The minimum absolute atomic E-state index is 0.200. The molecule has 4 nitrogen and oxygen atoms in total. The van der Waals surface area contributed by atoms with Crippen molar-refractivity contribution in [3.63, 3.8) is 0 Å². The second-order valence-corrected chi connectivity index (χ2v) is 4.76. The molecule has 92 valence electrons. The van der Waals surface area contributed by atoms with E-state index in [1.165, 1.54) is 0 Å². The maximum Gasteiger partial charge on any atom is 0.217 e. The number of nitrogens with zero attached hydrogens (tertiary/aromatic N) is 2. The molecular weight excluding hydrogens is 214 g/mol. The number of primary amides is 1. The van der Waals surface area contributed by atoms with Gasteiger partial charge in [0.15, 0.2) is 0 Å². The number of rotatable bonds is 3. The summed E-state index contributed by atoms with van der Waals surface area (Å²) in [6.45, 7) is 3.90. The third-order valence-corrected chi connectivity index (χ3v) is 3.21. The summed E-state index contributed by atoms with van der Waals surface area (Å²) in [5.41, 5.74) is 6.29. The minimum atomic E-state index is -0.200. The van der Waals surface area contributed by atoms with Gasteiger partial charge in [-0.1, -0.05) is 6.07 Å². The molecule has 1 aromatic heterocycles. The minimum Gasteiger partial charge on any atom is -0.370 e. The molecule has 0 radical (unpaired) electrons. The molecule has 1 aromatic rings. The van der Waals surface area contributed by atoms with E-state index in [2.05, 4.69) is 9.88 Å². The quantitative estimate of drug-likeness (QED) is 0.860. The fraction of sp³-hybridized carbons (Fsp3) is 0.538. The first-order valence-electron chi connectivity index (χ1n) is 6.12. The van der Waals surface area contributed by atoms with Crippen molar-refractivity contribution in [3.05, 3.63) is 23.9 Å². The first-order valence-corrected chi connectivity index (χ1v) is 6.12. The lowest BCUT2D eigenvalue weighted by atomic mass is 9.94. The van der Waals surface area contributed by atoms with Crippen LogP contribution < -0.4 is 10.6 Å². The highest BCUT2D eigenvalue weighted by molar-refractivity contribution is 5.74. The maximum absolute atomic E-state index is 11.0. The predicted octanol–water partition coefficient (Wildman–Crippen LogP) is 1.48. The van der Waals surface area contributed by atoms with Crippen LogP contribution in [0, 0.1) is 12.8 Å². The Balaban J connectivity index is 2.04. The van der Waals surface area contributed by atoms with Crippen LogP contribution in [0.15, 0.2) is 18.2 Å². The Morgan fingerprint density at radius 1 is 1.59 bits per heavy atom. The van der Waals surface area contributed by atoms with Crippen molar-refractivity contribution in [2.45, 2.75) is 26.2 Å². The first kappa shape index (κ1) is 11.9. The highest BCUT2D eigenvalue weighted by Crippen LogP contribution is 2.23. The van der Waals surface area contributed by atoms with E-state index in [4.69, 9.17) is 5.73 Å². The summed E-state index contributed by atoms with van der Waals surface area (Å²) in [5.74, 6) is 1.19. The summed E-state index contributed by atoms with van der Waals surface area (Å²) in [7, 11) is 0. The van der Waals surface area contributed by atoms with Crippen LogP contribution in [0.3, 0.4) is 0 Å². The molecule has 4 heteroatoms. The van der Waals surface area contributed by atoms with Crippen molar-refractivity contribution >= 4 is 11.7 Å². The Kier molecular flexibility index (Phi) is 3.61. The molecule has 2 rings (SSSR count). The van der Waals surface area contributed by atoms with Gasteiger partial charge in [0, 0.05) is 25.2 Å². The molecular formula is C13H19N3O. The van der Waals surface area contributed by atoms with Gasteiger partial charge in [0.05, 0.1) is 0 Å². The normalized spacial score (nSPS) is 20.3. The number of anilines is 1. The average molecular weight is 233 g/mol. The molecule has 2 N–H and O–H groups in total. The molecule has 1 unspecified atom stereocenters. The second kappa shape index (κ2) is 5.17. The molecule has 0 bridgehead atoms. The molecule has 0 aromatic carbocycles. The Hall–Kier alpha value is -1.58. The molecule has 1 atom stereocenters. The fourth-order valence-corrected chi connectivity index (χ4v) is 2.43. The van der Waals surface area contributed by atoms with Crippen LogP contribution in [0.4, 0.5) is 5.82 Å². The van der Waals surface area contributed by atoms with Crippen molar-refractivity contribution in [1.29, 1.82) is 0 Å². The van der Waals surface area contributed by atoms with Gasteiger partial charge in [-0.2, -0.15) is 0 Å². The number of piperidine rings is 1. The van der Waals surface area contributed by atoms with Gasteiger partial charge in [-0.15, -0.1) is 0 Å². The highest BCUT2D eigenvalue weighted by Gasteiger charge is 2.22. The SMILES string of the molecule is Cc1cccc(N2CCCC(CC(N)=O)C2)n1. The van der Waals surface area contributed by atoms with Crippen LogP contribution in [0.1, 0.15) is 25.0 Å². The van der Waals surface area contributed by atoms with E-state index in [0.717, 1.165) is 37.4 Å². The van der Waals surface area contributed by atoms with Crippen LogP contribution in [0.2, 0.25) is 0 Å². The van der Waals surface area contributed by atoms with Gasteiger partial charge in [-0.3, -0.25) is 4.79 Å². The van der Waals surface area contributed by atoms with Gasteiger partial charge >= 0.3 is 0 Å². The molecule has 1 aliphatic heterocycles. The Bertz CT molecular complexity index is 405. The van der Waals surface area contributed by atoms with E-state index in [1.54, 1.807) is 0 Å². The van der Waals surface area contributed by atoms with E-state index in [-0.39, 0.29) is 5.91 Å². The van der Waals surface area contributed by atoms with Gasteiger partial charge in [0.1, 0.15) is 5.82 Å². The Morgan fingerprint density at radius 2 is 2.41 bits per heavy atom. The van der Waals surface area contributed by atoms with Gasteiger partial charge in [-0.25, -0.2) is 4.98 Å². The lowest BCUT2D eigenvalue weighted by Crippen LogP contribution is -2.37. The third-order valence-electron chi connectivity index (χ3n) is 3.21. The van der Waals surface area contributed by atoms with Crippen molar-refractivity contribution in [2.24, 2.45) is 11.7 Å². The van der Waals surface area contributed by atoms with Gasteiger partial charge in [0.2, 0.25) is 5.91 Å². The summed E-state index contributed by atoms with van der Waals surface area (Å²) >= 11 is 0. The number of carbonyl (C=O) groups is 1. The molecule has 1 saturated heterocycles. The second-order valence-electron chi connectivity index (χ2n) is 4.76. The summed E-state index contributed by atoms with van der Waals surface area (Å²) in [6, 6.07) is 6.04. The zero-order valence-corrected chi connectivity index (χ0v) is 10.2. The molecule has 1 aliphatic rings. The van der Waals surface area contributed by atoms with Gasteiger partial charge in [0.25, 0.3) is 0 Å². The largest absolute Gasteiger partial charge is 0.370 e. The van der Waals surface area contributed by atoms with Crippen molar-refractivity contribution in [1.82, 2.24) is 4.98 Å². The zero-order valence-electron chi connectivity index (χ0n) is 10.2.